The first kappa shape index (κ1) is 17.5. The first-order valence-electron chi connectivity index (χ1n) is 7.02. The Morgan fingerprint density at radius 2 is 1.81 bits per heavy atom. The second-order valence-corrected chi connectivity index (χ2v) is 5.42. The molecule has 0 fully saturated rings. The maximum atomic E-state index is 5.15. The number of aromatic nitrogens is 2. The molecule has 21 heavy (non-hydrogen) atoms. The van der Waals surface area contributed by atoms with Crippen LogP contribution in [0.1, 0.15) is 25.0 Å². The number of nitrogens with zero attached hydrogens (tertiary/aromatic N) is 2. The maximum absolute atomic E-state index is 5.15. The molecule has 1 aromatic heterocycles. The van der Waals surface area contributed by atoms with Gasteiger partial charge < -0.3 is 10.1 Å². The Balaban J connectivity index is 0.00000220. The smallest absolute Gasteiger partial charge is 0.118 e. The molecule has 4 nitrogen and oxygen atoms in total. The second-order valence-electron chi connectivity index (χ2n) is 5.42. The normalized spacial score (nSPS) is 10.5. The molecule has 0 aliphatic carbocycles. The van der Waals surface area contributed by atoms with E-state index in [9.17, 15) is 0 Å². The molecular formula is C16H24ClN3O. The van der Waals surface area contributed by atoms with E-state index < -0.39 is 0 Å². The van der Waals surface area contributed by atoms with Gasteiger partial charge in [-0.1, -0.05) is 26.0 Å². The van der Waals surface area contributed by atoms with Crippen LogP contribution < -0.4 is 10.1 Å². The van der Waals surface area contributed by atoms with Crippen molar-refractivity contribution < 1.29 is 4.74 Å². The van der Waals surface area contributed by atoms with Gasteiger partial charge in [-0.05, 0) is 23.6 Å². The lowest BCUT2D eigenvalue weighted by Crippen LogP contribution is -2.12. The van der Waals surface area contributed by atoms with Gasteiger partial charge >= 0.3 is 0 Å². The summed E-state index contributed by atoms with van der Waals surface area (Å²) < 4.78 is 7.15. The van der Waals surface area contributed by atoms with Crippen LogP contribution in [0.2, 0.25) is 0 Å². The summed E-state index contributed by atoms with van der Waals surface area (Å²) in [6.07, 6.45) is 4.05. The molecule has 0 unspecified atom stereocenters. The van der Waals surface area contributed by atoms with Gasteiger partial charge in [-0.2, -0.15) is 5.10 Å². The number of halogens is 1. The quantitative estimate of drug-likeness (QED) is 0.853. The zero-order chi connectivity index (χ0) is 14.4. The van der Waals surface area contributed by atoms with Crippen LogP contribution in [0.3, 0.4) is 0 Å². The van der Waals surface area contributed by atoms with Crippen molar-refractivity contribution in [1.29, 1.82) is 0 Å². The summed E-state index contributed by atoms with van der Waals surface area (Å²) in [5.41, 5.74) is 2.47. The summed E-state index contributed by atoms with van der Waals surface area (Å²) in [5, 5.41) is 7.79. The third kappa shape index (κ3) is 5.78. The van der Waals surface area contributed by atoms with Crippen molar-refractivity contribution in [2.75, 3.05) is 7.11 Å². The van der Waals surface area contributed by atoms with E-state index in [0.717, 1.165) is 25.4 Å². The van der Waals surface area contributed by atoms with Crippen LogP contribution >= 0.6 is 12.4 Å². The van der Waals surface area contributed by atoms with Crippen molar-refractivity contribution in [2.24, 2.45) is 5.92 Å². The van der Waals surface area contributed by atoms with Gasteiger partial charge in [-0.3, -0.25) is 4.68 Å². The predicted octanol–water partition coefficient (Wildman–Crippen LogP) is 3.26. The molecule has 0 bridgehead atoms. The largest absolute Gasteiger partial charge is 0.497 e. The summed E-state index contributed by atoms with van der Waals surface area (Å²) in [6, 6.07) is 8.12. The van der Waals surface area contributed by atoms with Crippen molar-refractivity contribution in [3.05, 3.63) is 47.8 Å². The molecule has 5 heteroatoms. The van der Waals surface area contributed by atoms with Gasteiger partial charge in [0.05, 0.1) is 13.3 Å². The third-order valence-electron chi connectivity index (χ3n) is 3.06. The van der Waals surface area contributed by atoms with E-state index in [1.54, 1.807) is 7.11 Å². The lowest BCUT2D eigenvalue weighted by molar-refractivity contribution is 0.414. The molecule has 0 saturated heterocycles. The van der Waals surface area contributed by atoms with Crippen LogP contribution in [0.25, 0.3) is 0 Å². The van der Waals surface area contributed by atoms with E-state index in [-0.39, 0.29) is 12.4 Å². The predicted molar refractivity (Wildman–Crippen MR) is 87.9 cm³/mol. The minimum absolute atomic E-state index is 0. The zero-order valence-electron chi connectivity index (χ0n) is 12.9. The molecule has 0 spiro atoms. The Morgan fingerprint density at radius 1 is 1.14 bits per heavy atom. The molecule has 1 aromatic carbocycles. The first-order valence-corrected chi connectivity index (χ1v) is 7.02. The van der Waals surface area contributed by atoms with Crippen LogP contribution in [0.4, 0.5) is 0 Å². The van der Waals surface area contributed by atoms with Crippen molar-refractivity contribution in [1.82, 2.24) is 15.1 Å². The van der Waals surface area contributed by atoms with Gasteiger partial charge in [-0.25, -0.2) is 0 Å². The molecule has 0 amide bonds. The number of benzene rings is 1. The third-order valence-corrected chi connectivity index (χ3v) is 3.06. The molecule has 0 saturated carbocycles. The highest BCUT2D eigenvalue weighted by molar-refractivity contribution is 5.85. The number of hydrogen-bond donors (Lipinski definition) is 1. The first-order chi connectivity index (χ1) is 9.67. The highest BCUT2D eigenvalue weighted by Gasteiger charge is 2.01. The highest BCUT2D eigenvalue weighted by Crippen LogP contribution is 2.11. The number of rotatable bonds is 7. The topological polar surface area (TPSA) is 39.1 Å². The number of ether oxygens (including phenoxy) is 1. The van der Waals surface area contributed by atoms with Crippen LogP contribution in [0.15, 0.2) is 36.7 Å². The standard InChI is InChI=1S/C16H23N3O.ClH/c1-13(2)11-19-12-15(10-18-19)9-17-8-14-4-6-16(20-3)7-5-14;/h4-7,10,12-13,17H,8-9,11H2,1-3H3;1H. The average molecular weight is 310 g/mol. The van der Waals surface area contributed by atoms with Gasteiger partial charge in [0, 0.05) is 31.4 Å². The van der Waals surface area contributed by atoms with Gasteiger partial charge in [0.2, 0.25) is 0 Å². The Bertz CT molecular complexity index is 523. The lowest BCUT2D eigenvalue weighted by Gasteiger charge is -2.05. The van der Waals surface area contributed by atoms with Crippen molar-refractivity contribution in [2.45, 2.75) is 33.5 Å². The van der Waals surface area contributed by atoms with Gasteiger partial charge in [-0.15, -0.1) is 12.4 Å². The fourth-order valence-corrected chi connectivity index (χ4v) is 2.07. The Hall–Kier alpha value is -1.52. The monoisotopic (exact) mass is 309 g/mol. The van der Waals surface area contributed by atoms with E-state index in [1.807, 2.05) is 23.0 Å². The maximum Gasteiger partial charge on any atom is 0.118 e. The fourth-order valence-electron chi connectivity index (χ4n) is 2.07. The molecular weight excluding hydrogens is 286 g/mol. The summed E-state index contributed by atoms with van der Waals surface area (Å²) in [7, 11) is 1.68. The zero-order valence-corrected chi connectivity index (χ0v) is 13.7. The summed E-state index contributed by atoms with van der Waals surface area (Å²) in [5.74, 6) is 1.51. The SMILES string of the molecule is COc1ccc(CNCc2cnn(CC(C)C)c2)cc1.Cl. The number of hydrogen-bond acceptors (Lipinski definition) is 3. The van der Waals surface area contributed by atoms with E-state index in [4.69, 9.17) is 4.74 Å². The molecule has 0 radical (unpaired) electrons. The van der Waals surface area contributed by atoms with Crippen molar-refractivity contribution in [3.63, 3.8) is 0 Å². The molecule has 2 rings (SSSR count). The molecule has 2 aromatic rings. The molecule has 0 aliphatic heterocycles. The van der Waals surface area contributed by atoms with Gasteiger partial charge in [0.1, 0.15) is 5.75 Å². The van der Waals surface area contributed by atoms with Crippen molar-refractivity contribution in [3.8, 4) is 5.75 Å². The fraction of sp³-hybridized carbons (Fsp3) is 0.438. The Kier molecular flexibility index (Phi) is 7.26. The van der Waals surface area contributed by atoms with Crippen LogP contribution in [-0.2, 0) is 19.6 Å². The summed E-state index contributed by atoms with van der Waals surface area (Å²) in [6.45, 7) is 7.05. The second kappa shape index (κ2) is 8.70. The van der Waals surface area contributed by atoms with Crippen LogP contribution in [0.5, 0.6) is 5.75 Å². The van der Waals surface area contributed by atoms with E-state index in [1.165, 1.54) is 11.1 Å². The van der Waals surface area contributed by atoms with Crippen molar-refractivity contribution >= 4 is 12.4 Å². The number of nitrogens with one attached hydrogen (secondary N) is 1. The van der Waals surface area contributed by atoms with E-state index in [0.29, 0.717) is 5.92 Å². The molecule has 1 heterocycles. The van der Waals surface area contributed by atoms with Crippen LogP contribution in [-0.4, -0.2) is 16.9 Å². The Morgan fingerprint density at radius 3 is 2.43 bits per heavy atom. The minimum atomic E-state index is 0. The number of methoxy groups -OCH3 is 1. The summed E-state index contributed by atoms with van der Waals surface area (Å²) in [4.78, 5) is 0. The highest BCUT2D eigenvalue weighted by atomic mass is 35.5. The molecule has 1 N–H and O–H groups in total. The van der Waals surface area contributed by atoms with Gasteiger partial charge in [0.15, 0.2) is 0 Å². The van der Waals surface area contributed by atoms with Crippen LogP contribution in [0, 0.1) is 5.92 Å². The Labute approximate surface area is 132 Å². The minimum Gasteiger partial charge on any atom is -0.497 e. The van der Waals surface area contributed by atoms with E-state index in [2.05, 4.69) is 42.6 Å². The van der Waals surface area contributed by atoms with Gasteiger partial charge in [0.25, 0.3) is 0 Å². The van der Waals surface area contributed by atoms with E-state index >= 15 is 0 Å². The molecule has 116 valence electrons. The lowest BCUT2D eigenvalue weighted by atomic mass is 10.2. The average Bonchev–Trinajstić information content (AvgIpc) is 2.86. The summed E-state index contributed by atoms with van der Waals surface area (Å²) >= 11 is 0. The molecule has 0 atom stereocenters. The molecule has 0 aliphatic rings.